The standard InChI is InChI=1S/C8H15I/c1-7-3-2-4-8(5-7)6-9/h7-8H,2-6H2,1H3/t7-,8?/m1/s1. The molecule has 0 nitrogen and oxygen atoms in total. The number of rotatable bonds is 1. The molecule has 0 aromatic rings. The third-order valence-electron chi connectivity index (χ3n) is 2.26. The van der Waals surface area contributed by atoms with Crippen LogP contribution >= 0.6 is 22.6 Å². The van der Waals surface area contributed by atoms with Crippen molar-refractivity contribution < 1.29 is 0 Å². The maximum atomic E-state index is 2.52. The van der Waals surface area contributed by atoms with E-state index in [0.717, 1.165) is 11.8 Å². The summed E-state index contributed by atoms with van der Waals surface area (Å²) in [5.74, 6) is 2.06. The summed E-state index contributed by atoms with van der Waals surface area (Å²) in [6, 6.07) is 0. The van der Waals surface area contributed by atoms with Gasteiger partial charge < -0.3 is 0 Å². The van der Waals surface area contributed by atoms with Crippen LogP contribution in [-0.2, 0) is 0 Å². The summed E-state index contributed by atoms with van der Waals surface area (Å²) in [5.41, 5.74) is 0. The fourth-order valence-corrected chi connectivity index (χ4v) is 2.50. The van der Waals surface area contributed by atoms with E-state index in [1.165, 1.54) is 30.1 Å². The molecule has 1 fully saturated rings. The smallest absolute Gasteiger partial charge is 0.00238 e. The van der Waals surface area contributed by atoms with E-state index in [1.807, 2.05) is 0 Å². The lowest BCUT2D eigenvalue weighted by atomic mass is 9.84. The number of alkyl halides is 1. The molecule has 0 spiro atoms. The van der Waals surface area contributed by atoms with Crippen LogP contribution in [0.4, 0.5) is 0 Å². The average molecular weight is 238 g/mol. The van der Waals surface area contributed by atoms with Gasteiger partial charge in [0.05, 0.1) is 0 Å². The summed E-state index contributed by atoms with van der Waals surface area (Å²) in [5, 5.41) is 0. The van der Waals surface area contributed by atoms with Crippen molar-refractivity contribution in [2.24, 2.45) is 11.8 Å². The van der Waals surface area contributed by atoms with Crippen molar-refractivity contribution in [1.82, 2.24) is 0 Å². The Morgan fingerprint density at radius 1 is 1.44 bits per heavy atom. The minimum Gasteiger partial charge on any atom is -0.0861 e. The van der Waals surface area contributed by atoms with Gasteiger partial charge in [0.1, 0.15) is 0 Å². The van der Waals surface area contributed by atoms with Gasteiger partial charge in [-0.3, -0.25) is 0 Å². The van der Waals surface area contributed by atoms with Gasteiger partial charge in [0.25, 0.3) is 0 Å². The lowest BCUT2D eigenvalue weighted by molar-refractivity contribution is 0.308. The van der Waals surface area contributed by atoms with Crippen LogP contribution in [0.25, 0.3) is 0 Å². The van der Waals surface area contributed by atoms with E-state index in [1.54, 1.807) is 0 Å². The lowest BCUT2D eigenvalue weighted by Crippen LogP contribution is -2.13. The van der Waals surface area contributed by atoms with Gasteiger partial charge in [0.15, 0.2) is 0 Å². The van der Waals surface area contributed by atoms with Crippen LogP contribution in [0, 0.1) is 11.8 Å². The van der Waals surface area contributed by atoms with Crippen molar-refractivity contribution >= 4 is 22.6 Å². The van der Waals surface area contributed by atoms with Crippen molar-refractivity contribution in [2.45, 2.75) is 32.6 Å². The van der Waals surface area contributed by atoms with Gasteiger partial charge in [-0.25, -0.2) is 0 Å². The van der Waals surface area contributed by atoms with E-state index in [4.69, 9.17) is 0 Å². The monoisotopic (exact) mass is 238 g/mol. The Hall–Kier alpha value is 0.730. The molecular weight excluding hydrogens is 223 g/mol. The molecule has 54 valence electrons. The largest absolute Gasteiger partial charge is 0.0861 e. The number of halogens is 1. The lowest BCUT2D eigenvalue weighted by Gasteiger charge is -2.24. The molecule has 9 heavy (non-hydrogen) atoms. The topological polar surface area (TPSA) is 0 Å². The van der Waals surface area contributed by atoms with Gasteiger partial charge in [0.2, 0.25) is 0 Å². The van der Waals surface area contributed by atoms with E-state index >= 15 is 0 Å². The van der Waals surface area contributed by atoms with Gasteiger partial charge >= 0.3 is 0 Å². The van der Waals surface area contributed by atoms with Gasteiger partial charge in [-0.05, 0) is 24.7 Å². The van der Waals surface area contributed by atoms with Crippen LogP contribution in [0.15, 0.2) is 0 Å². The number of hydrogen-bond acceptors (Lipinski definition) is 0. The Bertz CT molecular complexity index is 80.6. The molecule has 1 saturated carbocycles. The van der Waals surface area contributed by atoms with Crippen molar-refractivity contribution in [3.05, 3.63) is 0 Å². The highest BCUT2D eigenvalue weighted by atomic mass is 127. The summed E-state index contributed by atoms with van der Waals surface area (Å²) in [6.45, 7) is 2.39. The van der Waals surface area contributed by atoms with Crippen LogP contribution in [0.5, 0.6) is 0 Å². The van der Waals surface area contributed by atoms with E-state index in [0.29, 0.717) is 0 Å². The second-order valence-electron chi connectivity index (χ2n) is 3.29. The first kappa shape index (κ1) is 7.83. The Labute approximate surface area is 71.5 Å². The molecule has 0 amide bonds. The molecule has 1 rings (SSSR count). The van der Waals surface area contributed by atoms with E-state index < -0.39 is 0 Å². The van der Waals surface area contributed by atoms with Crippen LogP contribution in [0.2, 0.25) is 0 Å². The Kier molecular flexibility index (Phi) is 3.30. The predicted molar refractivity (Wildman–Crippen MR) is 50.0 cm³/mol. The van der Waals surface area contributed by atoms with Gasteiger partial charge in [-0.15, -0.1) is 0 Å². The van der Waals surface area contributed by atoms with Crippen molar-refractivity contribution in [1.29, 1.82) is 0 Å². The minimum atomic E-state index is 1.01. The van der Waals surface area contributed by atoms with Gasteiger partial charge in [-0.1, -0.05) is 42.4 Å². The van der Waals surface area contributed by atoms with Crippen LogP contribution in [0.3, 0.4) is 0 Å². The molecule has 1 unspecified atom stereocenters. The quantitative estimate of drug-likeness (QED) is 0.486. The molecule has 2 atom stereocenters. The molecule has 0 radical (unpaired) electrons. The normalized spacial score (nSPS) is 36.7. The summed E-state index contributed by atoms with van der Waals surface area (Å²) in [7, 11) is 0. The molecule has 0 N–H and O–H groups in total. The number of hydrogen-bond donors (Lipinski definition) is 0. The zero-order valence-electron chi connectivity index (χ0n) is 6.07. The third-order valence-corrected chi connectivity index (χ3v) is 3.51. The van der Waals surface area contributed by atoms with Crippen LogP contribution in [0.1, 0.15) is 32.6 Å². The highest BCUT2D eigenvalue weighted by Crippen LogP contribution is 2.29. The van der Waals surface area contributed by atoms with Crippen molar-refractivity contribution in [3.8, 4) is 0 Å². The average Bonchev–Trinajstić information content (AvgIpc) is 1.88. The highest BCUT2D eigenvalue weighted by Gasteiger charge is 2.16. The van der Waals surface area contributed by atoms with Crippen molar-refractivity contribution in [2.75, 3.05) is 4.43 Å². The SMILES string of the molecule is C[C@@H]1CCCC(CI)C1. The molecule has 0 aliphatic heterocycles. The third kappa shape index (κ3) is 2.44. The first-order valence-electron chi connectivity index (χ1n) is 3.89. The highest BCUT2D eigenvalue weighted by molar-refractivity contribution is 14.1. The maximum Gasteiger partial charge on any atom is 0.00238 e. The molecule has 1 heteroatoms. The fraction of sp³-hybridized carbons (Fsp3) is 1.00. The molecule has 0 aromatic heterocycles. The van der Waals surface area contributed by atoms with Crippen LogP contribution < -0.4 is 0 Å². The zero-order chi connectivity index (χ0) is 6.69. The Morgan fingerprint density at radius 3 is 2.67 bits per heavy atom. The maximum absolute atomic E-state index is 2.52. The van der Waals surface area contributed by atoms with Gasteiger partial charge in [0, 0.05) is 4.43 Å². The Morgan fingerprint density at radius 2 is 2.22 bits per heavy atom. The zero-order valence-corrected chi connectivity index (χ0v) is 8.23. The Balaban J connectivity index is 2.23. The van der Waals surface area contributed by atoms with E-state index in [2.05, 4.69) is 29.5 Å². The summed E-state index contributed by atoms with van der Waals surface area (Å²) < 4.78 is 1.38. The molecular formula is C8H15I. The van der Waals surface area contributed by atoms with Gasteiger partial charge in [-0.2, -0.15) is 0 Å². The fourth-order valence-electron chi connectivity index (χ4n) is 1.70. The second kappa shape index (κ2) is 3.79. The first-order valence-corrected chi connectivity index (χ1v) is 5.41. The summed E-state index contributed by atoms with van der Waals surface area (Å²) in [6.07, 6.45) is 5.94. The summed E-state index contributed by atoms with van der Waals surface area (Å²) in [4.78, 5) is 0. The minimum absolute atomic E-state index is 1.01. The molecule has 0 aromatic carbocycles. The molecule has 0 bridgehead atoms. The molecule has 1 aliphatic carbocycles. The van der Waals surface area contributed by atoms with Crippen molar-refractivity contribution in [3.63, 3.8) is 0 Å². The second-order valence-corrected chi connectivity index (χ2v) is 4.17. The molecule has 0 heterocycles. The first-order chi connectivity index (χ1) is 4.33. The molecule has 0 saturated heterocycles. The van der Waals surface area contributed by atoms with Crippen LogP contribution in [-0.4, -0.2) is 4.43 Å². The van der Waals surface area contributed by atoms with E-state index in [-0.39, 0.29) is 0 Å². The van der Waals surface area contributed by atoms with E-state index in [9.17, 15) is 0 Å². The summed E-state index contributed by atoms with van der Waals surface area (Å²) >= 11 is 2.52. The predicted octanol–water partition coefficient (Wildman–Crippen LogP) is 3.25. The molecule has 1 aliphatic rings.